The van der Waals surface area contributed by atoms with Crippen LogP contribution in [0.25, 0.3) is 16.7 Å². The third-order valence-electron chi connectivity index (χ3n) is 17.0. The quantitative estimate of drug-likeness (QED) is 0.0406. The number of terminal acetylenes is 2. The van der Waals surface area contributed by atoms with Crippen molar-refractivity contribution in [1.29, 1.82) is 0 Å². The number of H-pyrrole nitrogens is 3. The summed E-state index contributed by atoms with van der Waals surface area (Å²) in [6.07, 6.45) is 34.4. The topological polar surface area (TPSA) is 307 Å². The number of imide groups is 2. The second-order valence-electron chi connectivity index (χ2n) is 24.3. The standard InChI is InChI=1S/C25H26N4O3.C23H22N4O3.C21H25N5O2/c1-4-18-14-26-23(27-18)24(32)28-20-6-5-16(17-12-21(30)29-22(31)13-17)11-19(20)15-7-9-25(2,3)10-8-15;1-2-17-13-24-22(25-17)23(30)26-19-9-8-15(16-11-20(28)27-21(29)12-16)10-18(19)14-6-4-3-5-7-14;1-13-10-22-19(25-13)20(27)26-18-8-7-15(16-11-23-21(28)24-12-16)9-17(18)14-5-3-2-4-6-14/h1,5-7,11,14,17H,8-10,12-13H2,2-3H3,(H,26,27)(H,28,32)(H,29,30,31);1,6,8-10,13,16H,3-5,7,11-12H2,(H,24,25)(H,26,30)(H,27,28,29);5,7-10,16H,2-4,6,11-12H2,1H3,(H,22,25)(H,26,27)(H2,23,24,28). The summed E-state index contributed by atoms with van der Waals surface area (Å²) in [5.41, 5.74) is 13.5. The van der Waals surface area contributed by atoms with Crippen molar-refractivity contribution >= 4 is 81.2 Å². The van der Waals surface area contributed by atoms with Crippen LogP contribution >= 0.6 is 0 Å². The van der Waals surface area contributed by atoms with Crippen molar-refractivity contribution < 1.29 is 38.4 Å². The van der Waals surface area contributed by atoms with Gasteiger partial charge in [-0.15, -0.1) is 12.8 Å². The molecule has 6 aliphatic rings. The van der Waals surface area contributed by atoms with Crippen LogP contribution in [0, 0.1) is 37.0 Å². The van der Waals surface area contributed by atoms with E-state index in [9.17, 15) is 38.4 Å². The van der Waals surface area contributed by atoms with Gasteiger partial charge in [0.15, 0.2) is 17.5 Å². The summed E-state index contributed by atoms with van der Waals surface area (Å²) < 4.78 is 0. The van der Waals surface area contributed by atoms with Gasteiger partial charge in [0.25, 0.3) is 17.7 Å². The van der Waals surface area contributed by atoms with E-state index in [1.54, 1.807) is 6.20 Å². The van der Waals surface area contributed by atoms with E-state index in [4.69, 9.17) is 12.8 Å². The van der Waals surface area contributed by atoms with Crippen molar-refractivity contribution in [2.75, 3.05) is 29.0 Å². The molecule has 3 aromatic carbocycles. The number of aromatic amines is 3. The van der Waals surface area contributed by atoms with Gasteiger partial charge in [-0.3, -0.25) is 44.2 Å². The smallest absolute Gasteiger partial charge is 0.314 e. The number of amides is 9. The minimum atomic E-state index is -0.385. The number of carbonyl (C=O) groups is 8. The SMILES string of the molecule is C#Cc1cnc(C(=O)Nc2ccc(C3CC(=O)NC(=O)C3)cc2C2=CCC(C)(C)CC2)[nH]1.C#Cc1cnc(C(=O)Nc2ccc(C3CC(=O)NC(=O)C3)cc2C2=CCCCC2)[nH]1.Cc1cnc(C(=O)Nc2ccc(C3CNC(=O)NC3)cc2C2=CCCCC2)[nH]1. The maximum Gasteiger partial charge on any atom is 0.314 e. The van der Waals surface area contributed by atoms with Crippen LogP contribution in [0.2, 0.25) is 0 Å². The molecule has 6 aromatic rings. The first kappa shape index (κ1) is 62.6. The Morgan fingerprint density at radius 2 is 0.922 bits per heavy atom. The molecule has 0 radical (unpaired) electrons. The lowest BCUT2D eigenvalue weighted by atomic mass is 9.76. The van der Waals surface area contributed by atoms with Gasteiger partial charge < -0.3 is 41.5 Å². The summed E-state index contributed by atoms with van der Waals surface area (Å²) >= 11 is 0. The summed E-state index contributed by atoms with van der Waals surface area (Å²) in [5.74, 6) is 3.25. The molecule has 0 saturated carbocycles. The summed E-state index contributed by atoms with van der Waals surface area (Å²) in [6.45, 7) is 7.58. The Labute approximate surface area is 521 Å². The molecule has 9 amide bonds. The number of aryl methyl sites for hydroxylation is 1. The molecular formula is C69H73N13O8. The van der Waals surface area contributed by atoms with Crippen molar-refractivity contribution in [3.8, 4) is 24.7 Å². The monoisotopic (exact) mass is 1210 g/mol. The van der Waals surface area contributed by atoms with E-state index in [1.165, 1.54) is 24.4 Å². The van der Waals surface area contributed by atoms with Gasteiger partial charge in [0.1, 0.15) is 11.4 Å². The number of urea groups is 1. The minimum absolute atomic E-state index is 0.121. The molecule has 3 aliphatic heterocycles. The van der Waals surface area contributed by atoms with Gasteiger partial charge in [-0.1, -0.05) is 62.1 Å². The second kappa shape index (κ2) is 28.2. The fourth-order valence-corrected chi connectivity index (χ4v) is 12.0. The molecule has 21 nitrogen and oxygen atoms in total. The van der Waals surface area contributed by atoms with E-state index in [1.807, 2.05) is 55.5 Å². The van der Waals surface area contributed by atoms with Crippen molar-refractivity contribution in [3.63, 3.8) is 0 Å². The van der Waals surface area contributed by atoms with Crippen molar-refractivity contribution in [2.24, 2.45) is 5.41 Å². The average molecular weight is 1210 g/mol. The molecule has 0 unspecified atom stereocenters. The number of nitrogens with one attached hydrogen (secondary N) is 10. The lowest BCUT2D eigenvalue weighted by molar-refractivity contribution is -0.135. The van der Waals surface area contributed by atoms with Crippen molar-refractivity contribution in [3.05, 3.63) is 159 Å². The molecule has 90 heavy (non-hydrogen) atoms. The maximum atomic E-state index is 12.8. The summed E-state index contributed by atoms with van der Waals surface area (Å²) in [5, 5.41) is 19.3. The highest BCUT2D eigenvalue weighted by atomic mass is 16.2. The lowest BCUT2D eigenvalue weighted by Gasteiger charge is -2.30. The lowest BCUT2D eigenvalue weighted by Crippen LogP contribution is -2.47. The second-order valence-corrected chi connectivity index (χ2v) is 24.3. The van der Waals surface area contributed by atoms with Crippen molar-refractivity contribution in [2.45, 2.75) is 135 Å². The zero-order valence-electron chi connectivity index (χ0n) is 50.7. The third kappa shape index (κ3) is 15.8. The molecule has 462 valence electrons. The zero-order valence-corrected chi connectivity index (χ0v) is 50.7. The maximum absolute atomic E-state index is 12.8. The van der Waals surface area contributed by atoms with E-state index < -0.39 is 0 Å². The summed E-state index contributed by atoms with van der Waals surface area (Å²) in [6, 6.07) is 17.4. The molecule has 0 bridgehead atoms. The Bertz CT molecular complexity index is 3950. The number of allylic oxidation sites excluding steroid dienone is 6. The first-order valence-electron chi connectivity index (χ1n) is 30.5. The van der Waals surface area contributed by atoms with E-state index in [-0.39, 0.29) is 108 Å². The van der Waals surface area contributed by atoms with Gasteiger partial charge in [-0.2, -0.15) is 0 Å². The third-order valence-corrected chi connectivity index (χ3v) is 17.0. The molecule has 3 aliphatic carbocycles. The molecule has 3 saturated heterocycles. The summed E-state index contributed by atoms with van der Waals surface area (Å²) in [4.78, 5) is 118. The molecule has 0 spiro atoms. The van der Waals surface area contributed by atoms with Gasteiger partial charge in [-0.05, 0) is 153 Å². The minimum Gasteiger partial charge on any atom is -0.338 e. The van der Waals surface area contributed by atoms with Crippen LogP contribution in [0.3, 0.4) is 0 Å². The highest BCUT2D eigenvalue weighted by Gasteiger charge is 2.31. The number of imidazole rings is 3. The average Bonchev–Trinajstić information content (AvgIpc) is 2.96. The zero-order chi connectivity index (χ0) is 63.5. The number of nitrogens with zero attached hydrogens (tertiary/aromatic N) is 3. The van der Waals surface area contributed by atoms with Crippen LogP contribution in [-0.4, -0.2) is 90.4 Å². The molecule has 21 heteroatoms. The van der Waals surface area contributed by atoms with Gasteiger partial charge in [-0.25, -0.2) is 19.7 Å². The van der Waals surface area contributed by atoms with Crippen molar-refractivity contribution in [1.82, 2.24) is 51.2 Å². The number of piperidine rings is 2. The highest BCUT2D eigenvalue weighted by Crippen LogP contribution is 2.42. The Kier molecular flexibility index (Phi) is 19.6. The van der Waals surface area contributed by atoms with E-state index in [0.717, 1.165) is 120 Å². The van der Waals surface area contributed by atoms with Crippen LogP contribution in [0.4, 0.5) is 21.9 Å². The summed E-state index contributed by atoms with van der Waals surface area (Å²) in [7, 11) is 0. The van der Waals surface area contributed by atoms with E-state index in [0.29, 0.717) is 41.7 Å². The van der Waals surface area contributed by atoms with Crippen LogP contribution in [0.1, 0.15) is 210 Å². The number of rotatable bonds is 12. The Balaban J connectivity index is 0.000000149. The Morgan fingerprint density at radius 1 is 0.522 bits per heavy atom. The van der Waals surface area contributed by atoms with Crippen LogP contribution in [0.15, 0.2) is 91.4 Å². The normalized spacial score (nSPS) is 17.7. The largest absolute Gasteiger partial charge is 0.338 e. The number of hydrogen-bond acceptors (Lipinski definition) is 11. The van der Waals surface area contributed by atoms with Crippen LogP contribution in [0.5, 0.6) is 0 Å². The van der Waals surface area contributed by atoms with Gasteiger partial charge in [0.05, 0.1) is 12.4 Å². The number of carbonyl (C=O) groups excluding carboxylic acids is 8. The number of aromatic nitrogens is 6. The van der Waals surface area contributed by atoms with Gasteiger partial charge in [0, 0.05) is 102 Å². The number of anilines is 3. The predicted molar refractivity (Wildman–Crippen MR) is 342 cm³/mol. The van der Waals surface area contributed by atoms with Gasteiger partial charge >= 0.3 is 6.03 Å². The van der Waals surface area contributed by atoms with Crippen LogP contribution < -0.4 is 37.2 Å². The number of benzene rings is 3. The molecule has 10 N–H and O–H groups in total. The first-order chi connectivity index (χ1) is 43.4. The predicted octanol–water partition coefficient (Wildman–Crippen LogP) is 10.2. The fraction of sp³-hybridized carbons (Fsp3) is 0.348. The van der Waals surface area contributed by atoms with Crippen LogP contribution in [-0.2, 0) is 19.2 Å². The Morgan fingerprint density at radius 3 is 1.28 bits per heavy atom. The molecule has 0 atom stereocenters. The Hall–Kier alpha value is -10.4. The fourth-order valence-electron chi connectivity index (χ4n) is 12.0. The van der Waals surface area contributed by atoms with E-state index in [2.05, 4.69) is 117 Å². The molecule has 3 fully saturated rings. The molecule has 3 aromatic heterocycles. The number of hydrogen-bond donors (Lipinski definition) is 10. The van der Waals surface area contributed by atoms with Gasteiger partial charge in [0.2, 0.25) is 23.6 Å². The first-order valence-corrected chi connectivity index (χ1v) is 30.5. The highest BCUT2D eigenvalue weighted by molar-refractivity contribution is 6.06. The molecule has 6 heterocycles. The molecular weight excluding hydrogens is 1140 g/mol. The van der Waals surface area contributed by atoms with E-state index >= 15 is 0 Å². The molecule has 12 rings (SSSR count).